The molecule has 6 heteroatoms. The lowest BCUT2D eigenvalue weighted by Crippen LogP contribution is -2.41. The third kappa shape index (κ3) is 4.08. The Bertz CT molecular complexity index is 674. The number of carbonyl (C=O) groups is 2. The molecule has 0 saturated heterocycles. The Morgan fingerprint density at radius 2 is 1.64 bits per heavy atom. The topological polar surface area (TPSA) is 67.4 Å². The summed E-state index contributed by atoms with van der Waals surface area (Å²) in [4.78, 5) is 23.8. The molecule has 5 nitrogen and oxygen atoms in total. The molecule has 0 aliphatic carbocycles. The van der Waals surface area contributed by atoms with E-state index in [2.05, 4.69) is 26.8 Å². The molecule has 0 aromatic heterocycles. The maximum atomic E-state index is 12.0. The van der Waals surface area contributed by atoms with E-state index in [9.17, 15) is 9.59 Å². The number of ether oxygens (including phenoxy) is 1. The van der Waals surface area contributed by atoms with Gasteiger partial charge in [-0.2, -0.15) is 0 Å². The molecule has 2 aromatic carbocycles. The predicted molar refractivity (Wildman–Crippen MR) is 86.7 cm³/mol. The molecule has 0 fully saturated rings. The maximum Gasteiger partial charge on any atom is 0.269 e. The fourth-order valence-corrected chi connectivity index (χ4v) is 2.26. The smallest absolute Gasteiger partial charge is 0.269 e. The highest BCUT2D eigenvalue weighted by Crippen LogP contribution is 2.25. The van der Waals surface area contributed by atoms with Crippen LogP contribution in [0, 0.1) is 0 Å². The van der Waals surface area contributed by atoms with Crippen molar-refractivity contribution in [3.8, 4) is 5.75 Å². The van der Waals surface area contributed by atoms with Crippen molar-refractivity contribution in [2.45, 2.75) is 6.92 Å². The summed E-state index contributed by atoms with van der Waals surface area (Å²) in [5.41, 5.74) is 5.62. The molecule has 0 unspecified atom stereocenters. The number of hydrogen-bond donors (Lipinski definition) is 2. The summed E-state index contributed by atoms with van der Waals surface area (Å²) < 4.78 is 6.06. The van der Waals surface area contributed by atoms with Crippen molar-refractivity contribution in [2.75, 3.05) is 6.61 Å². The number of amides is 2. The second kappa shape index (κ2) is 7.61. The molecule has 2 amide bonds. The van der Waals surface area contributed by atoms with Gasteiger partial charge in [-0.05, 0) is 53.2 Å². The number of rotatable bonds is 4. The Balaban J connectivity index is 1.98. The van der Waals surface area contributed by atoms with Crippen molar-refractivity contribution in [2.24, 2.45) is 0 Å². The van der Waals surface area contributed by atoms with E-state index in [1.165, 1.54) is 0 Å². The zero-order valence-corrected chi connectivity index (χ0v) is 13.5. The van der Waals surface area contributed by atoms with Crippen LogP contribution in [0.5, 0.6) is 5.75 Å². The van der Waals surface area contributed by atoms with Crippen LogP contribution in [-0.2, 0) is 0 Å². The van der Waals surface area contributed by atoms with E-state index in [-0.39, 0.29) is 5.91 Å². The summed E-state index contributed by atoms with van der Waals surface area (Å²) >= 11 is 3.34. The first-order valence-corrected chi connectivity index (χ1v) is 7.49. The van der Waals surface area contributed by atoms with Gasteiger partial charge in [0, 0.05) is 11.1 Å². The maximum absolute atomic E-state index is 12.0. The van der Waals surface area contributed by atoms with E-state index < -0.39 is 5.91 Å². The highest BCUT2D eigenvalue weighted by molar-refractivity contribution is 9.10. The minimum Gasteiger partial charge on any atom is -0.493 e. The van der Waals surface area contributed by atoms with Crippen LogP contribution in [0.3, 0.4) is 0 Å². The van der Waals surface area contributed by atoms with Gasteiger partial charge in [0.15, 0.2) is 0 Å². The highest BCUT2D eigenvalue weighted by Gasteiger charge is 2.11. The van der Waals surface area contributed by atoms with Crippen molar-refractivity contribution < 1.29 is 14.3 Å². The van der Waals surface area contributed by atoms with Crippen LogP contribution in [0.4, 0.5) is 0 Å². The Hall–Kier alpha value is -2.34. The molecular weight excluding hydrogens is 348 g/mol. The number of benzene rings is 2. The van der Waals surface area contributed by atoms with Gasteiger partial charge < -0.3 is 4.74 Å². The zero-order valence-electron chi connectivity index (χ0n) is 11.9. The quantitative estimate of drug-likeness (QED) is 0.821. The van der Waals surface area contributed by atoms with Gasteiger partial charge in [0.05, 0.1) is 11.1 Å². The van der Waals surface area contributed by atoms with Gasteiger partial charge in [0.25, 0.3) is 11.8 Å². The Labute approximate surface area is 136 Å². The minimum absolute atomic E-state index is 0.376. The Kier molecular flexibility index (Phi) is 5.55. The van der Waals surface area contributed by atoms with Crippen molar-refractivity contribution in [3.05, 3.63) is 64.1 Å². The summed E-state index contributed by atoms with van der Waals surface area (Å²) in [7, 11) is 0. The van der Waals surface area contributed by atoms with Crippen LogP contribution in [0.25, 0.3) is 0 Å². The number of halogens is 1. The largest absolute Gasteiger partial charge is 0.493 e. The Morgan fingerprint density at radius 3 is 2.23 bits per heavy atom. The van der Waals surface area contributed by atoms with Crippen LogP contribution in [0.2, 0.25) is 0 Å². The van der Waals surface area contributed by atoms with Crippen molar-refractivity contribution in [3.63, 3.8) is 0 Å². The fourth-order valence-electron chi connectivity index (χ4n) is 1.76. The van der Waals surface area contributed by atoms with E-state index in [1.54, 1.807) is 42.5 Å². The molecule has 22 heavy (non-hydrogen) atoms. The standard InChI is InChI=1S/C16H15BrN2O3/c1-2-22-14-9-8-12(10-13(14)17)16(21)19-18-15(20)11-6-4-3-5-7-11/h3-10H,2H2,1H3,(H,18,20)(H,19,21). The summed E-state index contributed by atoms with van der Waals surface area (Å²) in [6.07, 6.45) is 0. The molecule has 2 aromatic rings. The highest BCUT2D eigenvalue weighted by atomic mass is 79.9. The van der Waals surface area contributed by atoms with E-state index in [1.807, 2.05) is 13.0 Å². The van der Waals surface area contributed by atoms with Gasteiger partial charge >= 0.3 is 0 Å². The van der Waals surface area contributed by atoms with E-state index in [0.29, 0.717) is 28.0 Å². The summed E-state index contributed by atoms with van der Waals surface area (Å²) in [6.45, 7) is 2.42. The van der Waals surface area contributed by atoms with Gasteiger partial charge in [-0.1, -0.05) is 18.2 Å². The fraction of sp³-hybridized carbons (Fsp3) is 0.125. The average molecular weight is 363 g/mol. The SMILES string of the molecule is CCOc1ccc(C(=O)NNC(=O)c2ccccc2)cc1Br. The first kappa shape index (κ1) is 16.0. The predicted octanol–water partition coefficient (Wildman–Crippen LogP) is 2.92. The third-order valence-electron chi connectivity index (χ3n) is 2.82. The lowest BCUT2D eigenvalue weighted by molar-refractivity contribution is 0.0846. The first-order chi connectivity index (χ1) is 10.6. The molecule has 2 N–H and O–H groups in total. The van der Waals surface area contributed by atoms with Crippen LogP contribution in [0.1, 0.15) is 27.6 Å². The molecule has 0 aliphatic heterocycles. The van der Waals surface area contributed by atoms with Crippen LogP contribution >= 0.6 is 15.9 Å². The molecule has 0 aliphatic rings. The first-order valence-electron chi connectivity index (χ1n) is 6.70. The molecule has 0 atom stereocenters. The second-order valence-electron chi connectivity index (χ2n) is 4.35. The number of hydrazine groups is 1. The third-order valence-corrected chi connectivity index (χ3v) is 3.44. The van der Waals surface area contributed by atoms with Crippen LogP contribution < -0.4 is 15.6 Å². The average Bonchev–Trinajstić information content (AvgIpc) is 2.55. The summed E-state index contributed by atoms with van der Waals surface area (Å²) in [5.74, 6) is -0.126. The van der Waals surface area contributed by atoms with Crippen LogP contribution in [-0.4, -0.2) is 18.4 Å². The number of hydrogen-bond acceptors (Lipinski definition) is 3. The summed E-state index contributed by atoms with van der Waals surface area (Å²) in [5, 5.41) is 0. The molecule has 114 valence electrons. The van der Waals surface area contributed by atoms with Crippen molar-refractivity contribution in [1.29, 1.82) is 0 Å². The molecule has 0 heterocycles. The lowest BCUT2D eigenvalue weighted by Gasteiger charge is -2.09. The van der Waals surface area contributed by atoms with Gasteiger partial charge in [-0.25, -0.2) is 0 Å². The van der Waals surface area contributed by atoms with Gasteiger partial charge in [-0.3, -0.25) is 20.4 Å². The zero-order chi connectivity index (χ0) is 15.9. The summed E-state index contributed by atoms with van der Waals surface area (Å²) in [6, 6.07) is 13.6. The van der Waals surface area contributed by atoms with Crippen molar-refractivity contribution >= 4 is 27.7 Å². The lowest BCUT2D eigenvalue weighted by atomic mass is 10.2. The Morgan fingerprint density at radius 1 is 1.00 bits per heavy atom. The monoisotopic (exact) mass is 362 g/mol. The number of carbonyl (C=O) groups excluding carboxylic acids is 2. The van der Waals surface area contributed by atoms with E-state index in [0.717, 1.165) is 0 Å². The van der Waals surface area contributed by atoms with Gasteiger partial charge in [-0.15, -0.1) is 0 Å². The van der Waals surface area contributed by atoms with Crippen molar-refractivity contribution in [1.82, 2.24) is 10.9 Å². The normalized spacial score (nSPS) is 9.91. The van der Waals surface area contributed by atoms with Crippen LogP contribution in [0.15, 0.2) is 53.0 Å². The van der Waals surface area contributed by atoms with Gasteiger partial charge in [0.1, 0.15) is 5.75 Å². The number of nitrogens with one attached hydrogen (secondary N) is 2. The molecule has 0 spiro atoms. The van der Waals surface area contributed by atoms with E-state index in [4.69, 9.17) is 4.74 Å². The molecule has 2 rings (SSSR count). The molecular formula is C16H15BrN2O3. The second-order valence-corrected chi connectivity index (χ2v) is 5.21. The molecule has 0 bridgehead atoms. The molecule has 0 saturated carbocycles. The molecule has 0 radical (unpaired) electrons. The minimum atomic E-state index is -0.409. The van der Waals surface area contributed by atoms with Gasteiger partial charge in [0.2, 0.25) is 0 Å². The van der Waals surface area contributed by atoms with E-state index >= 15 is 0 Å².